The zero-order valence-corrected chi connectivity index (χ0v) is 12.3. The van der Waals surface area contributed by atoms with Crippen LogP contribution in [-0.2, 0) is 17.9 Å². The lowest BCUT2D eigenvalue weighted by molar-refractivity contribution is -0.116. The maximum atomic E-state index is 12.2. The van der Waals surface area contributed by atoms with Crippen LogP contribution in [0.1, 0.15) is 11.4 Å². The molecule has 1 aromatic heterocycles. The molecule has 0 aliphatic carbocycles. The van der Waals surface area contributed by atoms with Gasteiger partial charge in [0.25, 0.3) is 0 Å². The van der Waals surface area contributed by atoms with Gasteiger partial charge in [-0.05, 0) is 31.2 Å². The quantitative estimate of drug-likeness (QED) is 0.777. The normalized spacial score (nSPS) is 10.8. The van der Waals surface area contributed by atoms with Crippen LogP contribution in [0.25, 0.3) is 11.0 Å². The number of rotatable bonds is 4. The van der Waals surface area contributed by atoms with Crippen LogP contribution in [0.3, 0.4) is 0 Å². The molecule has 0 saturated carbocycles. The van der Waals surface area contributed by atoms with E-state index in [0.717, 1.165) is 22.3 Å². The molecular formula is C17H17N3O2. The second-order valence-corrected chi connectivity index (χ2v) is 5.18. The first-order valence-electron chi connectivity index (χ1n) is 7.09. The molecule has 0 saturated heterocycles. The van der Waals surface area contributed by atoms with Gasteiger partial charge in [-0.3, -0.25) is 4.79 Å². The number of aromatic nitrogens is 2. The summed E-state index contributed by atoms with van der Waals surface area (Å²) >= 11 is 0. The van der Waals surface area contributed by atoms with Gasteiger partial charge in [-0.2, -0.15) is 0 Å². The Bertz CT molecular complexity index is 806. The van der Waals surface area contributed by atoms with Crippen molar-refractivity contribution in [3.8, 4) is 0 Å². The summed E-state index contributed by atoms with van der Waals surface area (Å²) in [4.78, 5) is 16.6. The fourth-order valence-electron chi connectivity index (χ4n) is 2.40. The lowest BCUT2D eigenvalue weighted by Gasteiger charge is -2.09. The number of benzene rings is 2. The van der Waals surface area contributed by atoms with Crippen molar-refractivity contribution in [2.24, 2.45) is 0 Å². The molecule has 5 nitrogen and oxygen atoms in total. The summed E-state index contributed by atoms with van der Waals surface area (Å²) in [5, 5.41) is 12.3. The lowest BCUT2D eigenvalue weighted by atomic mass is 10.2. The largest absolute Gasteiger partial charge is 0.388 e. The molecule has 0 radical (unpaired) electrons. The van der Waals surface area contributed by atoms with Crippen molar-refractivity contribution in [2.75, 3.05) is 5.32 Å². The number of aryl methyl sites for hydroxylation is 1. The van der Waals surface area contributed by atoms with Gasteiger partial charge in [-0.15, -0.1) is 0 Å². The molecule has 3 aromatic rings. The summed E-state index contributed by atoms with van der Waals surface area (Å²) in [6.07, 6.45) is 0. The maximum absolute atomic E-state index is 12.2. The number of imidazole rings is 1. The summed E-state index contributed by atoms with van der Waals surface area (Å²) in [5.74, 6) is 0.335. The van der Waals surface area contributed by atoms with E-state index in [0.29, 0.717) is 5.82 Å². The first-order chi connectivity index (χ1) is 10.7. The number of aliphatic hydroxyl groups excluding tert-OH is 1. The molecule has 1 amide bonds. The third kappa shape index (κ3) is 2.84. The van der Waals surface area contributed by atoms with Gasteiger partial charge in [0.15, 0.2) is 0 Å². The predicted octanol–water partition coefficient (Wildman–Crippen LogP) is 2.48. The van der Waals surface area contributed by atoms with Crippen molar-refractivity contribution < 1.29 is 9.90 Å². The number of aliphatic hydroxyl groups is 1. The average Bonchev–Trinajstić information content (AvgIpc) is 2.87. The van der Waals surface area contributed by atoms with Crippen molar-refractivity contribution in [3.05, 3.63) is 59.9 Å². The predicted molar refractivity (Wildman–Crippen MR) is 85.5 cm³/mol. The number of amides is 1. The Balaban J connectivity index is 1.83. The van der Waals surface area contributed by atoms with Crippen LogP contribution in [-0.4, -0.2) is 20.6 Å². The van der Waals surface area contributed by atoms with E-state index in [-0.39, 0.29) is 19.1 Å². The summed E-state index contributed by atoms with van der Waals surface area (Å²) < 4.78 is 1.73. The Labute approximate surface area is 128 Å². The molecule has 22 heavy (non-hydrogen) atoms. The Morgan fingerprint density at radius 1 is 1.18 bits per heavy atom. The van der Waals surface area contributed by atoms with Gasteiger partial charge in [0.2, 0.25) is 5.91 Å². The van der Waals surface area contributed by atoms with Crippen LogP contribution in [0.4, 0.5) is 5.69 Å². The Morgan fingerprint density at radius 2 is 1.91 bits per heavy atom. The molecule has 0 fully saturated rings. The van der Waals surface area contributed by atoms with Crippen molar-refractivity contribution in [3.63, 3.8) is 0 Å². The first-order valence-corrected chi connectivity index (χ1v) is 7.09. The molecule has 1 heterocycles. The molecule has 0 aliphatic heterocycles. The number of carbonyl (C=O) groups excluding carboxylic acids is 1. The second kappa shape index (κ2) is 5.99. The van der Waals surface area contributed by atoms with Gasteiger partial charge >= 0.3 is 0 Å². The van der Waals surface area contributed by atoms with Crippen LogP contribution >= 0.6 is 0 Å². The second-order valence-electron chi connectivity index (χ2n) is 5.18. The van der Waals surface area contributed by atoms with Crippen LogP contribution in [0.15, 0.2) is 48.5 Å². The van der Waals surface area contributed by atoms with Crippen molar-refractivity contribution in [1.82, 2.24) is 9.55 Å². The monoisotopic (exact) mass is 295 g/mol. The highest BCUT2D eigenvalue weighted by Crippen LogP contribution is 2.16. The van der Waals surface area contributed by atoms with E-state index in [1.807, 2.05) is 55.5 Å². The molecule has 3 rings (SSSR count). The van der Waals surface area contributed by atoms with Crippen LogP contribution < -0.4 is 5.32 Å². The number of anilines is 1. The highest BCUT2D eigenvalue weighted by atomic mass is 16.3. The molecule has 0 aliphatic rings. The number of carbonyl (C=O) groups is 1. The molecule has 5 heteroatoms. The smallest absolute Gasteiger partial charge is 0.244 e. The molecular weight excluding hydrogens is 278 g/mol. The molecule has 2 N–H and O–H groups in total. The highest BCUT2D eigenvalue weighted by Gasteiger charge is 2.12. The van der Waals surface area contributed by atoms with Gasteiger partial charge < -0.3 is 15.0 Å². The van der Waals surface area contributed by atoms with Crippen molar-refractivity contribution >= 4 is 22.6 Å². The number of nitrogens with zero attached hydrogens (tertiary/aromatic N) is 2. The van der Waals surface area contributed by atoms with Crippen LogP contribution in [0, 0.1) is 6.92 Å². The number of fused-ring (bicyclic) bond motifs is 1. The number of hydrogen-bond acceptors (Lipinski definition) is 3. The molecule has 0 atom stereocenters. The zero-order valence-electron chi connectivity index (χ0n) is 12.3. The first kappa shape index (κ1) is 14.3. The summed E-state index contributed by atoms with van der Waals surface area (Å²) in [5.41, 5.74) is 3.51. The molecule has 0 unspecified atom stereocenters. The average molecular weight is 295 g/mol. The summed E-state index contributed by atoms with van der Waals surface area (Å²) in [6, 6.07) is 15.2. The molecule has 0 bridgehead atoms. The van der Waals surface area contributed by atoms with Crippen molar-refractivity contribution in [1.29, 1.82) is 0 Å². The van der Waals surface area contributed by atoms with E-state index in [2.05, 4.69) is 10.3 Å². The SMILES string of the molecule is Cc1ccc(NC(=O)Cn2c(CO)nc3ccccc32)cc1. The van der Waals surface area contributed by atoms with E-state index in [4.69, 9.17) is 0 Å². The van der Waals surface area contributed by atoms with Crippen molar-refractivity contribution in [2.45, 2.75) is 20.1 Å². The van der Waals surface area contributed by atoms with Gasteiger partial charge in [0.05, 0.1) is 11.0 Å². The highest BCUT2D eigenvalue weighted by molar-refractivity contribution is 5.91. The molecule has 112 valence electrons. The Kier molecular flexibility index (Phi) is 3.89. The Morgan fingerprint density at radius 3 is 2.64 bits per heavy atom. The number of para-hydroxylation sites is 2. The van der Waals surface area contributed by atoms with Gasteiger partial charge in [0.1, 0.15) is 19.0 Å². The fourth-order valence-corrected chi connectivity index (χ4v) is 2.40. The Hall–Kier alpha value is -2.66. The van der Waals surface area contributed by atoms with E-state index < -0.39 is 0 Å². The standard InChI is InChI=1S/C17H17N3O2/c1-12-6-8-13(9-7-12)18-17(22)10-20-15-5-3-2-4-14(15)19-16(20)11-21/h2-9,21H,10-11H2,1H3,(H,18,22). The summed E-state index contributed by atoms with van der Waals surface area (Å²) in [6.45, 7) is 1.91. The number of nitrogens with one attached hydrogen (secondary N) is 1. The van der Waals surface area contributed by atoms with E-state index >= 15 is 0 Å². The van der Waals surface area contributed by atoms with Crippen LogP contribution in [0.5, 0.6) is 0 Å². The minimum atomic E-state index is -0.202. The third-order valence-electron chi connectivity index (χ3n) is 3.51. The van der Waals surface area contributed by atoms with E-state index in [1.165, 1.54) is 0 Å². The summed E-state index contributed by atoms with van der Waals surface area (Å²) in [7, 11) is 0. The van der Waals surface area contributed by atoms with E-state index in [1.54, 1.807) is 4.57 Å². The third-order valence-corrected chi connectivity index (χ3v) is 3.51. The minimum Gasteiger partial charge on any atom is -0.388 e. The van der Waals surface area contributed by atoms with E-state index in [9.17, 15) is 9.90 Å². The van der Waals surface area contributed by atoms with Gasteiger partial charge in [0, 0.05) is 5.69 Å². The fraction of sp³-hybridized carbons (Fsp3) is 0.176. The molecule has 2 aromatic carbocycles. The van der Waals surface area contributed by atoms with Gasteiger partial charge in [-0.25, -0.2) is 4.98 Å². The lowest BCUT2D eigenvalue weighted by Crippen LogP contribution is -2.20. The molecule has 0 spiro atoms. The topological polar surface area (TPSA) is 67.2 Å². The number of hydrogen-bond donors (Lipinski definition) is 2. The van der Waals surface area contributed by atoms with Gasteiger partial charge in [-0.1, -0.05) is 29.8 Å². The maximum Gasteiger partial charge on any atom is 0.244 e. The zero-order chi connectivity index (χ0) is 15.5. The van der Waals surface area contributed by atoms with Crippen LogP contribution in [0.2, 0.25) is 0 Å². The minimum absolute atomic E-state index is 0.115.